The van der Waals surface area contributed by atoms with Crippen LogP contribution in [0.15, 0.2) is 42.5 Å². The lowest BCUT2D eigenvalue weighted by molar-refractivity contribution is -0.384. The summed E-state index contributed by atoms with van der Waals surface area (Å²) in [4.78, 5) is 22.9. The van der Waals surface area contributed by atoms with E-state index in [1.54, 1.807) is 24.1 Å². The maximum atomic E-state index is 12.9. The standard InChI is InChI=1S/C14H11FN2O3/c1-16(12-4-2-11(15)3-5-12)14-7-6-13(17(19)20)8-10(14)9-18/h2-9H,1H3. The topological polar surface area (TPSA) is 63.4 Å². The fourth-order valence-electron chi connectivity index (χ4n) is 1.86. The van der Waals surface area contributed by atoms with Crippen LogP contribution in [0.2, 0.25) is 0 Å². The minimum Gasteiger partial charge on any atom is -0.344 e. The third kappa shape index (κ3) is 2.64. The highest BCUT2D eigenvalue weighted by molar-refractivity contribution is 5.87. The molecule has 102 valence electrons. The molecule has 0 spiro atoms. The Morgan fingerprint density at radius 3 is 2.40 bits per heavy atom. The second-order valence-electron chi connectivity index (χ2n) is 4.15. The van der Waals surface area contributed by atoms with Crippen LogP contribution in [0.4, 0.5) is 21.5 Å². The Labute approximate surface area is 114 Å². The predicted octanol–water partition coefficient (Wildman–Crippen LogP) is 3.31. The molecule has 2 aromatic carbocycles. The number of hydrogen-bond acceptors (Lipinski definition) is 4. The Hall–Kier alpha value is -2.76. The fourth-order valence-corrected chi connectivity index (χ4v) is 1.86. The molecule has 0 atom stereocenters. The number of anilines is 2. The SMILES string of the molecule is CN(c1ccc(F)cc1)c1ccc([N+](=O)[O-])cc1C=O. The van der Waals surface area contributed by atoms with Crippen molar-refractivity contribution in [3.63, 3.8) is 0 Å². The molecule has 0 bridgehead atoms. The van der Waals surface area contributed by atoms with Crippen LogP contribution < -0.4 is 4.90 Å². The van der Waals surface area contributed by atoms with Gasteiger partial charge in [-0.1, -0.05) is 0 Å². The van der Waals surface area contributed by atoms with Crippen LogP contribution in [0.5, 0.6) is 0 Å². The van der Waals surface area contributed by atoms with Gasteiger partial charge in [0.15, 0.2) is 6.29 Å². The molecule has 0 aliphatic rings. The molecular weight excluding hydrogens is 263 g/mol. The highest BCUT2D eigenvalue weighted by Gasteiger charge is 2.14. The number of nitro groups is 1. The third-order valence-electron chi connectivity index (χ3n) is 2.92. The fraction of sp³-hybridized carbons (Fsp3) is 0.0714. The van der Waals surface area contributed by atoms with Gasteiger partial charge in [-0.05, 0) is 30.3 Å². The Morgan fingerprint density at radius 1 is 1.20 bits per heavy atom. The quantitative estimate of drug-likeness (QED) is 0.487. The zero-order valence-corrected chi connectivity index (χ0v) is 10.6. The first-order valence-electron chi connectivity index (χ1n) is 5.76. The van der Waals surface area contributed by atoms with Crippen molar-refractivity contribution in [2.75, 3.05) is 11.9 Å². The smallest absolute Gasteiger partial charge is 0.270 e. The van der Waals surface area contributed by atoms with Crippen LogP contribution in [0.25, 0.3) is 0 Å². The summed E-state index contributed by atoms with van der Waals surface area (Å²) in [6.07, 6.45) is 0.558. The van der Waals surface area contributed by atoms with E-state index in [4.69, 9.17) is 0 Å². The summed E-state index contributed by atoms with van der Waals surface area (Å²) in [6.45, 7) is 0. The first-order valence-corrected chi connectivity index (χ1v) is 5.76. The summed E-state index contributed by atoms with van der Waals surface area (Å²) >= 11 is 0. The van der Waals surface area contributed by atoms with E-state index in [9.17, 15) is 19.3 Å². The summed E-state index contributed by atoms with van der Waals surface area (Å²) in [5, 5.41) is 10.7. The second-order valence-corrected chi connectivity index (χ2v) is 4.15. The summed E-state index contributed by atoms with van der Waals surface area (Å²) in [7, 11) is 1.70. The van der Waals surface area contributed by atoms with Gasteiger partial charge in [-0.3, -0.25) is 14.9 Å². The molecule has 0 amide bonds. The Kier molecular flexibility index (Phi) is 3.74. The van der Waals surface area contributed by atoms with Gasteiger partial charge in [0.25, 0.3) is 5.69 Å². The van der Waals surface area contributed by atoms with Crippen molar-refractivity contribution in [3.8, 4) is 0 Å². The molecule has 2 rings (SSSR count). The summed E-state index contributed by atoms with van der Waals surface area (Å²) in [5.74, 6) is -0.360. The highest BCUT2D eigenvalue weighted by atomic mass is 19.1. The van der Waals surface area contributed by atoms with E-state index in [-0.39, 0.29) is 17.1 Å². The van der Waals surface area contributed by atoms with Crippen molar-refractivity contribution in [2.24, 2.45) is 0 Å². The minimum absolute atomic E-state index is 0.150. The molecule has 0 aliphatic carbocycles. The molecule has 20 heavy (non-hydrogen) atoms. The Balaban J connectivity index is 2.43. The van der Waals surface area contributed by atoms with Gasteiger partial charge in [0.1, 0.15) is 5.82 Å². The van der Waals surface area contributed by atoms with Gasteiger partial charge < -0.3 is 4.90 Å². The van der Waals surface area contributed by atoms with Gasteiger partial charge >= 0.3 is 0 Å². The number of carbonyl (C=O) groups excluding carboxylic acids is 1. The summed E-state index contributed by atoms with van der Waals surface area (Å²) in [5.41, 5.74) is 1.23. The van der Waals surface area contributed by atoms with Crippen molar-refractivity contribution in [1.29, 1.82) is 0 Å². The predicted molar refractivity (Wildman–Crippen MR) is 72.9 cm³/mol. The lowest BCUT2D eigenvalue weighted by atomic mass is 10.1. The molecule has 0 N–H and O–H groups in total. The molecule has 0 fully saturated rings. The number of hydrogen-bond donors (Lipinski definition) is 0. The lowest BCUT2D eigenvalue weighted by Gasteiger charge is -2.20. The van der Waals surface area contributed by atoms with Crippen molar-refractivity contribution in [2.45, 2.75) is 0 Å². The van der Waals surface area contributed by atoms with Crippen molar-refractivity contribution >= 4 is 23.3 Å². The largest absolute Gasteiger partial charge is 0.344 e. The number of rotatable bonds is 4. The number of non-ortho nitro benzene ring substituents is 1. The highest BCUT2D eigenvalue weighted by Crippen LogP contribution is 2.29. The molecule has 0 aliphatic heterocycles. The lowest BCUT2D eigenvalue weighted by Crippen LogP contribution is -2.11. The van der Waals surface area contributed by atoms with Gasteiger partial charge in [0, 0.05) is 30.4 Å². The Bertz CT molecular complexity index is 656. The molecule has 6 heteroatoms. The monoisotopic (exact) mass is 274 g/mol. The molecule has 0 saturated heterocycles. The van der Waals surface area contributed by atoms with Crippen LogP contribution in [-0.2, 0) is 0 Å². The molecule has 5 nitrogen and oxygen atoms in total. The first kappa shape index (κ1) is 13.7. The molecule has 0 radical (unpaired) electrons. The summed E-state index contributed by atoms with van der Waals surface area (Å²) in [6, 6.07) is 9.75. The number of carbonyl (C=O) groups is 1. The zero-order chi connectivity index (χ0) is 14.7. The third-order valence-corrected chi connectivity index (χ3v) is 2.92. The van der Waals surface area contributed by atoms with E-state index in [1.807, 2.05) is 0 Å². The molecule has 0 saturated carbocycles. The zero-order valence-electron chi connectivity index (χ0n) is 10.6. The normalized spacial score (nSPS) is 10.1. The van der Waals surface area contributed by atoms with Gasteiger partial charge in [-0.25, -0.2) is 4.39 Å². The van der Waals surface area contributed by atoms with E-state index in [0.717, 1.165) is 0 Å². The van der Waals surface area contributed by atoms with E-state index < -0.39 is 4.92 Å². The van der Waals surface area contributed by atoms with Gasteiger partial charge in [-0.15, -0.1) is 0 Å². The van der Waals surface area contributed by atoms with Crippen molar-refractivity contribution in [3.05, 3.63) is 64.0 Å². The number of halogens is 1. The van der Waals surface area contributed by atoms with E-state index in [2.05, 4.69) is 0 Å². The summed E-state index contributed by atoms with van der Waals surface area (Å²) < 4.78 is 12.9. The molecular formula is C14H11FN2O3. The van der Waals surface area contributed by atoms with E-state index >= 15 is 0 Å². The average molecular weight is 274 g/mol. The van der Waals surface area contributed by atoms with E-state index in [0.29, 0.717) is 17.7 Å². The minimum atomic E-state index is -0.561. The van der Waals surface area contributed by atoms with Crippen LogP contribution in [0, 0.1) is 15.9 Å². The van der Waals surface area contributed by atoms with Crippen LogP contribution in [0.3, 0.4) is 0 Å². The average Bonchev–Trinajstić information content (AvgIpc) is 2.46. The van der Waals surface area contributed by atoms with Gasteiger partial charge in [0.05, 0.1) is 10.6 Å². The van der Waals surface area contributed by atoms with Crippen LogP contribution in [-0.4, -0.2) is 18.3 Å². The van der Waals surface area contributed by atoms with Crippen molar-refractivity contribution in [1.82, 2.24) is 0 Å². The first-order chi connectivity index (χ1) is 9.52. The molecule has 0 unspecified atom stereocenters. The van der Waals surface area contributed by atoms with E-state index in [1.165, 1.54) is 30.3 Å². The van der Waals surface area contributed by atoms with Crippen LogP contribution >= 0.6 is 0 Å². The maximum Gasteiger partial charge on any atom is 0.270 e. The van der Waals surface area contributed by atoms with Crippen molar-refractivity contribution < 1.29 is 14.1 Å². The number of aldehydes is 1. The number of nitro benzene ring substituents is 1. The van der Waals surface area contributed by atoms with Gasteiger partial charge in [-0.2, -0.15) is 0 Å². The molecule has 2 aromatic rings. The molecule has 0 aromatic heterocycles. The Morgan fingerprint density at radius 2 is 1.85 bits per heavy atom. The number of nitrogens with zero attached hydrogens (tertiary/aromatic N) is 2. The number of benzene rings is 2. The van der Waals surface area contributed by atoms with Crippen LogP contribution in [0.1, 0.15) is 10.4 Å². The second kappa shape index (κ2) is 5.48. The van der Waals surface area contributed by atoms with Gasteiger partial charge in [0.2, 0.25) is 0 Å². The molecule has 0 heterocycles. The maximum absolute atomic E-state index is 12.9.